The normalized spacial score (nSPS) is 12.0. The predicted molar refractivity (Wildman–Crippen MR) is 100 cm³/mol. The molecular weight excluding hydrogens is 360 g/mol. The predicted octanol–water partition coefficient (Wildman–Crippen LogP) is 2.62. The highest BCUT2D eigenvalue weighted by molar-refractivity contribution is 7.16. The minimum Gasteiger partial charge on any atom is -0.459 e. The Balaban J connectivity index is 1.84. The van der Waals surface area contributed by atoms with Crippen molar-refractivity contribution in [2.75, 3.05) is 18.9 Å². The Morgan fingerprint density at radius 1 is 1.20 bits per heavy atom. The molecule has 0 aliphatic rings. The number of carbonyl (C=O) groups is 2. The number of esters is 1. The first-order chi connectivity index (χ1) is 11.8. The number of hydrogen-bond acceptors (Lipinski definition) is 4. The third-order valence-corrected chi connectivity index (χ3v) is 4.55. The second-order valence-corrected chi connectivity index (χ2v) is 7.90. The Morgan fingerprint density at radius 3 is 2.44 bits per heavy atom. The van der Waals surface area contributed by atoms with Gasteiger partial charge in [-0.15, -0.1) is 11.3 Å². The van der Waals surface area contributed by atoms with Gasteiger partial charge in [0.1, 0.15) is 6.54 Å². The van der Waals surface area contributed by atoms with Crippen LogP contribution in [0, 0.1) is 0 Å². The molecule has 0 spiro atoms. The fourth-order valence-electron chi connectivity index (χ4n) is 2.26. The van der Waals surface area contributed by atoms with Crippen LogP contribution in [0.2, 0.25) is 4.34 Å². The maximum atomic E-state index is 12.1. The van der Waals surface area contributed by atoms with Gasteiger partial charge in [0.15, 0.2) is 6.54 Å². The molecule has 0 fully saturated rings. The van der Waals surface area contributed by atoms with Crippen molar-refractivity contribution in [1.29, 1.82) is 0 Å². The Kier molecular flexibility index (Phi) is 6.99. The Hall–Kier alpha value is -1.89. The SMILES string of the molecule is CC(C)OC(=O)c1ccc(NC(=O)C[NH+](C)Cc2ccc(Cl)s2)cc1. The van der Waals surface area contributed by atoms with E-state index in [4.69, 9.17) is 16.3 Å². The maximum absolute atomic E-state index is 12.1. The lowest BCUT2D eigenvalue weighted by atomic mass is 10.2. The van der Waals surface area contributed by atoms with Crippen molar-refractivity contribution in [3.05, 3.63) is 51.2 Å². The summed E-state index contributed by atoms with van der Waals surface area (Å²) in [6, 6.07) is 10.5. The molecule has 5 nitrogen and oxygen atoms in total. The second-order valence-electron chi connectivity index (χ2n) is 6.10. The molecular formula is C18H22ClN2O3S+. The summed E-state index contributed by atoms with van der Waals surface area (Å²) in [4.78, 5) is 26.1. The minimum atomic E-state index is -0.369. The first-order valence-electron chi connectivity index (χ1n) is 8.00. The standard InChI is InChI=1S/C18H21ClN2O3S/c1-12(2)24-18(23)13-4-6-14(7-5-13)20-17(22)11-21(3)10-15-8-9-16(19)25-15/h4-9,12H,10-11H2,1-3H3,(H,20,22)/p+1. The number of carbonyl (C=O) groups excluding carboxylic acids is 2. The van der Waals surface area contributed by atoms with E-state index in [0.29, 0.717) is 17.8 Å². The van der Waals surface area contributed by atoms with Crippen LogP contribution in [0.1, 0.15) is 29.1 Å². The van der Waals surface area contributed by atoms with Crippen molar-refractivity contribution < 1.29 is 19.2 Å². The zero-order chi connectivity index (χ0) is 18.4. The Labute approximate surface area is 156 Å². The number of anilines is 1. The number of thiophene rings is 1. The summed E-state index contributed by atoms with van der Waals surface area (Å²) in [6.07, 6.45) is -0.163. The number of amides is 1. The van der Waals surface area contributed by atoms with Crippen molar-refractivity contribution in [3.63, 3.8) is 0 Å². The van der Waals surface area contributed by atoms with Gasteiger partial charge >= 0.3 is 5.97 Å². The Morgan fingerprint density at radius 2 is 1.88 bits per heavy atom. The van der Waals surface area contributed by atoms with Gasteiger partial charge in [-0.05, 0) is 50.2 Å². The molecule has 1 amide bonds. The number of likely N-dealkylation sites (N-methyl/N-ethyl adjacent to an activating group) is 1. The highest BCUT2D eigenvalue weighted by Gasteiger charge is 2.13. The summed E-state index contributed by atoms with van der Waals surface area (Å²) in [5.74, 6) is -0.454. The third-order valence-electron chi connectivity index (χ3n) is 3.31. The van der Waals surface area contributed by atoms with Crippen molar-refractivity contribution in [3.8, 4) is 0 Å². The number of halogens is 1. The number of nitrogens with one attached hydrogen (secondary N) is 2. The molecule has 0 aliphatic carbocycles. The molecule has 0 saturated heterocycles. The molecule has 2 N–H and O–H groups in total. The van der Waals surface area contributed by atoms with Gasteiger partial charge in [0.2, 0.25) is 0 Å². The Bertz CT molecular complexity index is 728. The largest absolute Gasteiger partial charge is 0.459 e. The summed E-state index contributed by atoms with van der Waals surface area (Å²) in [7, 11) is 1.96. The number of benzene rings is 1. The van der Waals surface area contributed by atoms with E-state index in [1.54, 1.807) is 38.1 Å². The van der Waals surface area contributed by atoms with E-state index in [0.717, 1.165) is 20.7 Å². The summed E-state index contributed by atoms with van der Waals surface area (Å²) in [5, 5.41) is 2.84. The monoisotopic (exact) mass is 381 g/mol. The van der Waals surface area contributed by atoms with Crippen molar-refractivity contribution in [2.45, 2.75) is 26.5 Å². The van der Waals surface area contributed by atoms with Crippen molar-refractivity contribution in [2.24, 2.45) is 0 Å². The highest BCUT2D eigenvalue weighted by atomic mass is 35.5. The molecule has 2 rings (SSSR count). The first kappa shape index (κ1) is 19.4. The minimum absolute atomic E-state index is 0.0855. The number of ether oxygens (including phenoxy) is 1. The van der Waals surface area contributed by atoms with Crippen LogP contribution in [0.4, 0.5) is 5.69 Å². The maximum Gasteiger partial charge on any atom is 0.338 e. The molecule has 1 aromatic heterocycles. The topological polar surface area (TPSA) is 59.8 Å². The average molecular weight is 382 g/mol. The van der Waals surface area contributed by atoms with Gasteiger partial charge in [0.05, 0.1) is 27.9 Å². The second kappa shape index (κ2) is 8.99. The molecule has 25 heavy (non-hydrogen) atoms. The lowest BCUT2D eigenvalue weighted by Gasteiger charge is -2.13. The number of quaternary nitrogens is 1. The average Bonchev–Trinajstić information content (AvgIpc) is 2.91. The van der Waals surface area contributed by atoms with E-state index in [1.165, 1.54) is 11.3 Å². The smallest absolute Gasteiger partial charge is 0.338 e. The highest BCUT2D eigenvalue weighted by Crippen LogP contribution is 2.20. The molecule has 2 aromatic rings. The molecule has 0 saturated carbocycles. The van der Waals surface area contributed by atoms with Crippen LogP contribution < -0.4 is 10.2 Å². The third kappa shape index (κ3) is 6.49. The number of rotatable bonds is 7. The molecule has 1 unspecified atom stereocenters. The molecule has 7 heteroatoms. The van der Waals surface area contributed by atoms with Crippen LogP contribution in [0.25, 0.3) is 0 Å². The summed E-state index contributed by atoms with van der Waals surface area (Å²) in [6.45, 7) is 4.68. The molecule has 134 valence electrons. The lowest BCUT2D eigenvalue weighted by molar-refractivity contribution is -0.884. The fourth-order valence-corrected chi connectivity index (χ4v) is 3.46. The lowest BCUT2D eigenvalue weighted by Crippen LogP contribution is -3.08. The van der Waals surface area contributed by atoms with Crippen LogP contribution in [0.3, 0.4) is 0 Å². The van der Waals surface area contributed by atoms with Gasteiger partial charge in [-0.2, -0.15) is 0 Å². The van der Waals surface area contributed by atoms with Crippen LogP contribution in [-0.4, -0.2) is 31.6 Å². The van der Waals surface area contributed by atoms with Crippen LogP contribution in [-0.2, 0) is 16.1 Å². The zero-order valence-electron chi connectivity index (χ0n) is 14.5. The first-order valence-corrected chi connectivity index (χ1v) is 9.19. The van der Waals surface area contributed by atoms with Gasteiger partial charge < -0.3 is 15.0 Å². The molecule has 1 heterocycles. The molecule has 0 bridgehead atoms. The summed E-state index contributed by atoms with van der Waals surface area (Å²) < 4.78 is 5.88. The van der Waals surface area contributed by atoms with Crippen molar-refractivity contribution in [1.82, 2.24) is 0 Å². The summed E-state index contributed by atoms with van der Waals surface area (Å²) >= 11 is 7.44. The summed E-state index contributed by atoms with van der Waals surface area (Å²) in [5.41, 5.74) is 1.11. The van der Waals surface area contributed by atoms with Gasteiger partial charge in [0.25, 0.3) is 5.91 Å². The van der Waals surface area contributed by atoms with Crippen LogP contribution >= 0.6 is 22.9 Å². The van der Waals surface area contributed by atoms with E-state index in [9.17, 15) is 9.59 Å². The van der Waals surface area contributed by atoms with E-state index in [1.807, 2.05) is 19.2 Å². The molecule has 1 aromatic carbocycles. The van der Waals surface area contributed by atoms with Gasteiger partial charge in [0, 0.05) is 5.69 Å². The molecule has 1 atom stereocenters. The van der Waals surface area contributed by atoms with Gasteiger partial charge in [-0.3, -0.25) is 4.79 Å². The van der Waals surface area contributed by atoms with Gasteiger partial charge in [-0.25, -0.2) is 4.79 Å². The molecule has 0 radical (unpaired) electrons. The van der Waals surface area contributed by atoms with E-state index in [2.05, 4.69) is 5.32 Å². The van der Waals surface area contributed by atoms with Crippen LogP contribution in [0.5, 0.6) is 0 Å². The zero-order valence-corrected chi connectivity index (χ0v) is 16.0. The van der Waals surface area contributed by atoms with Crippen LogP contribution in [0.15, 0.2) is 36.4 Å². The quantitative estimate of drug-likeness (QED) is 0.725. The van der Waals surface area contributed by atoms with Crippen molar-refractivity contribution >= 4 is 40.5 Å². The number of hydrogen-bond donors (Lipinski definition) is 2. The fraction of sp³-hybridized carbons (Fsp3) is 0.333. The van der Waals surface area contributed by atoms with E-state index in [-0.39, 0.29) is 18.0 Å². The van der Waals surface area contributed by atoms with E-state index >= 15 is 0 Å². The van der Waals surface area contributed by atoms with E-state index < -0.39 is 0 Å². The van der Waals surface area contributed by atoms with Gasteiger partial charge in [-0.1, -0.05) is 11.6 Å². The molecule has 0 aliphatic heterocycles.